The molecule has 0 aromatic carbocycles. The fourth-order valence-electron chi connectivity index (χ4n) is 4.42. The van der Waals surface area contributed by atoms with Crippen molar-refractivity contribution in [3.8, 4) is 11.1 Å². The quantitative estimate of drug-likeness (QED) is 0.590. The maximum absolute atomic E-state index is 13.0. The summed E-state index contributed by atoms with van der Waals surface area (Å²) in [4.78, 5) is 21.5. The molecule has 2 aliphatic rings. The number of nitrogens with zero attached hydrogens (tertiary/aromatic N) is 4. The minimum atomic E-state index is -0.151. The summed E-state index contributed by atoms with van der Waals surface area (Å²) < 4.78 is 2.05. The van der Waals surface area contributed by atoms with E-state index in [1.807, 2.05) is 41.4 Å². The third kappa shape index (κ3) is 3.98. The van der Waals surface area contributed by atoms with E-state index in [1.165, 1.54) is 5.69 Å². The average molecular weight is 446 g/mol. The topological polar surface area (TPSA) is 72.7 Å². The van der Waals surface area contributed by atoms with Gasteiger partial charge < -0.3 is 5.32 Å². The number of hydrogen-bond acceptors (Lipinski definition) is 4. The molecule has 0 atom stereocenters. The second-order valence-corrected chi connectivity index (χ2v) is 9.53. The Morgan fingerprint density at radius 2 is 2.06 bits per heavy atom. The lowest BCUT2D eigenvalue weighted by atomic mass is 9.89. The van der Waals surface area contributed by atoms with Crippen molar-refractivity contribution in [1.82, 2.24) is 19.7 Å². The van der Waals surface area contributed by atoms with Gasteiger partial charge in [0.25, 0.3) is 5.91 Å². The van der Waals surface area contributed by atoms with Crippen LogP contribution in [0.5, 0.6) is 0 Å². The molecule has 1 aliphatic heterocycles. The summed E-state index contributed by atoms with van der Waals surface area (Å²) in [5.74, 6) is 0.326. The summed E-state index contributed by atoms with van der Waals surface area (Å²) in [5, 5.41) is 8.03. The fraction of sp³-hybridized carbons (Fsp3) is 0.280. The number of anilines is 1. The predicted octanol–water partition coefficient (Wildman–Crippen LogP) is 5.32. The average Bonchev–Trinajstić information content (AvgIpc) is 3.30. The zero-order chi connectivity index (χ0) is 22.3. The number of hydrogen-bond donors (Lipinski definition) is 1. The van der Waals surface area contributed by atoms with Crippen LogP contribution in [0.1, 0.15) is 37.9 Å². The minimum absolute atomic E-state index is 0.151. The van der Waals surface area contributed by atoms with Crippen LogP contribution in [0.4, 0.5) is 5.82 Å². The normalized spacial score (nSPS) is 16.8. The third-order valence-electron chi connectivity index (χ3n) is 5.99. The Morgan fingerprint density at radius 3 is 2.88 bits per heavy atom. The van der Waals surface area contributed by atoms with E-state index in [-0.39, 0.29) is 11.3 Å². The van der Waals surface area contributed by atoms with Crippen molar-refractivity contribution in [2.24, 2.45) is 5.41 Å². The van der Waals surface area contributed by atoms with Gasteiger partial charge in [0.2, 0.25) is 0 Å². The number of nitrogens with one attached hydrogen (secondary N) is 1. The first-order valence-corrected chi connectivity index (χ1v) is 11.1. The van der Waals surface area contributed by atoms with Gasteiger partial charge in [0.15, 0.2) is 0 Å². The highest BCUT2D eigenvalue weighted by atomic mass is 35.5. The van der Waals surface area contributed by atoms with Gasteiger partial charge in [-0.05, 0) is 41.5 Å². The Kier molecular flexibility index (Phi) is 5.18. The van der Waals surface area contributed by atoms with Gasteiger partial charge in [-0.2, -0.15) is 5.10 Å². The Morgan fingerprint density at radius 1 is 1.19 bits per heavy atom. The van der Waals surface area contributed by atoms with Crippen molar-refractivity contribution < 1.29 is 4.79 Å². The monoisotopic (exact) mass is 445 g/mol. The van der Waals surface area contributed by atoms with Crippen LogP contribution in [-0.4, -0.2) is 25.7 Å². The summed E-state index contributed by atoms with van der Waals surface area (Å²) in [7, 11) is 0. The van der Waals surface area contributed by atoms with E-state index in [0.717, 1.165) is 40.8 Å². The highest BCUT2D eigenvalue weighted by Gasteiger charge is 2.32. The van der Waals surface area contributed by atoms with E-state index >= 15 is 0 Å². The van der Waals surface area contributed by atoms with Crippen LogP contribution in [-0.2, 0) is 17.8 Å². The molecule has 6 nitrogen and oxygen atoms in total. The molecule has 32 heavy (non-hydrogen) atoms. The number of rotatable bonds is 4. The van der Waals surface area contributed by atoms with Crippen molar-refractivity contribution in [2.45, 2.75) is 39.7 Å². The van der Waals surface area contributed by atoms with Crippen molar-refractivity contribution in [3.05, 3.63) is 77.0 Å². The molecule has 3 aromatic heterocycles. The molecule has 0 spiro atoms. The van der Waals surface area contributed by atoms with E-state index in [9.17, 15) is 4.79 Å². The fourth-order valence-corrected chi connectivity index (χ4v) is 4.63. The first kappa shape index (κ1) is 20.6. The number of aromatic nitrogens is 4. The van der Waals surface area contributed by atoms with Crippen molar-refractivity contribution >= 4 is 28.9 Å². The highest BCUT2D eigenvalue weighted by Crippen LogP contribution is 2.39. The molecule has 0 unspecified atom stereocenters. The molecule has 7 heteroatoms. The van der Waals surface area contributed by atoms with E-state index in [0.29, 0.717) is 23.7 Å². The number of carbonyl (C=O) groups is 1. The molecule has 1 amide bonds. The number of fused-ring (bicyclic) bond motifs is 1. The smallest absolute Gasteiger partial charge is 0.252 e. The molecule has 1 aliphatic carbocycles. The molecule has 5 rings (SSSR count). The molecule has 162 valence electrons. The Hall–Kier alpha value is -3.25. The summed E-state index contributed by atoms with van der Waals surface area (Å²) in [5.41, 5.74) is 6.03. The van der Waals surface area contributed by atoms with Gasteiger partial charge in [-0.1, -0.05) is 43.7 Å². The maximum Gasteiger partial charge on any atom is 0.252 e. The Labute approximate surface area is 192 Å². The van der Waals surface area contributed by atoms with Crippen LogP contribution in [0.15, 0.2) is 60.7 Å². The first-order valence-electron chi connectivity index (χ1n) is 10.7. The van der Waals surface area contributed by atoms with Crippen LogP contribution in [0.2, 0.25) is 5.02 Å². The lowest BCUT2D eigenvalue weighted by molar-refractivity contribution is -0.112. The van der Waals surface area contributed by atoms with Gasteiger partial charge in [-0.15, -0.1) is 0 Å². The van der Waals surface area contributed by atoms with Crippen molar-refractivity contribution in [1.29, 1.82) is 0 Å². The molecule has 0 saturated carbocycles. The Bertz CT molecular complexity index is 1260. The number of allylic oxidation sites excluding steroid dienone is 3. The molecule has 1 N–H and O–H groups in total. The number of pyridine rings is 2. The molecule has 0 saturated heterocycles. The first-order chi connectivity index (χ1) is 15.4. The summed E-state index contributed by atoms with van der Waals surface area (Å²) in [6.07, 6.45) is 13.3. The van der Waals surface area contributed by atoms with Gasteiger partial charge in [0.05, 0.1) is 11.2 Å². The SMILES string of the molecule is CC1(C)Cc2c(-c3cc(NC(=O)C4=CCC=C(c5cccnc5)C4)ncc3Cl)cnn2C1. The second-order valence-electron chi connectivity index (χ2n) is 9.12. The largest absolute Gasteiger partial charge is 0.307 e. The lowest BCUT2D eigenvalue weighted by Crippen LogP contribution is -2.17. The molecule has 3 aromatic rings. The van der Waals surface area contributed by atoms with Gasteiger partial charge in [-0.25, -0.2) is 4.98 Å². The summed E-state index contributed by atoms with van der Waals surface area (Å²) in [6.45, 7) is 5.35. The van der Waals surface area contributed by atoms with Crippen LogP contribution in [0.25, 0.3) is 16.7 Å². The predicted molar refractivity (Wildman–Crippen MR) is 126 cm³/mol. The zero-order valence-corrected chi connectivity index (χ0v) is 18.9. The molecule has 0 radical (unpaired) electrons. The Balaban J connectivity index is 1.35. The van der Waals surface area contributed by atoms with E-state index < -0.39 is 0 Å². The molecule has 0 fully saturated rings. The zero-order valence-electron chi connectivity index (χ0n) is 18.1. The maximum atomic E-state index is 13.0. The van der Waals surface area contributed by atoms with Gasteiger partial charge in [0.1, 0.15) is 5.82 Å². The van der Waals surface area contributed by atoms with Crippen molar-refractivity contribution in [3.63, 3.8) is 0 Å². The van der Waals surface area contributed by atoms with E-state index in [2.05, 4.69) is 40.3 Å². The number of carbonyl (C=O) groups excluding carboxylic acids is 1. The molecular formula is C25H24ClN5O. The van der Waals surface area contributed by atoms with Crippen LogP contribution >= 0.6 is 11.6 Å². The minimum Gasteiger partial charge on any atom is -0.307 e. The van der Waals surface area contributed by atoms with Gasteiger partial charge >= 0.3 is 0 Å². The van der Waals surface area contributed by atoms with Gasteiger partial charge in [0, 0.05) is 54.0 Å². The summed E-state index contributed by atoms with van der Waals surface area (Å²) >= 11 is 6.50. The lowest BCUT2D eigenvalue weighted by Gasteiger charge is -2.16. The van der Waals surface area contributed by atoms with Crippen LogP contribution in [0, 0.1) is 5.41 Å². The molecule has 0 bridgehead atoms. The van der Waals surface area contributed by atoms with E-state index in [1.54, 1.807) is 12.4 Å². The second kappa shape index (κ2) is 8.02. The van der Waals surface area contributed by atoms with Gasteiger partial charge in [-0.3, -0.25) is 14.5 Å². The number of halogens is 1. The number of amides is 1. The summed E-state index contributed by atoms with van der Waals surface area (Å²) in [6, 6.07) is 5.75. The standard InChI is InChI=1S/C25H24ClN5O/c1-25(2)11-22-20(13-29-31(22)15-25)19-10-23(28-14-21(19)26)30-24(32)17-6-3-5-16(9-17)18-7-4-8-27-12-18/h4-8,10,12-14H,3,9,11,15H2,1-2H3,(H,28,30,32). The molecule has 4 heterocycles. The van der Waals surface area contributed by atoms with Crippen LogP contribution in [0.3, 0.4) is 0 Å². The molecular weight excluding hydrogens is 422 g/mol. The van der Waals surface area contributed by atoms with E-state index in [4.69, 9.17) is 11.6 Å². The van der Waals surface area contributed by atoms with Crippen molar-refractivity contribution in [2.75, 3.05) is 5.32 Å². The highest BCUT2D eigenvalue weighted by molar-refractivity contribution is 6.33. The van der Waals surface area contributed by atoms with Crippen LogP contribution < -0.4 is 5.32 Å². The third-order valence-corrected chi connectivity index (χ3v) is 6.29.